The number of para-hydroxylation sites is 1. The fourth-order valence-corrected chi connectivity index (χ4v) is 4.25. The van der Waals surface area contributed by atoms with Crippen LogP contribution < -0.4 is 20.7 Å². The summed E-state index contributed by atoms with van der Waals surface area (Å²) in [5.41, 5.74) is 1.53. The summed E-state index contributed by atoms with van der Waals surface area (Å²) >= 11 is 0. The van der Waals surface area contributed by atoms with Crippen LogP contribution in [0.5, 0.6) is 5.75 Å². The predicted octanol–water partition coefficient (Wildman–Crippen LogP) is -1.30. The topological polar surface area (TPSA) is 157 Å². The molecule has 3 aromatic rings. The maximum Gasteiger partial charge on any atom is 0.272 e. The van der Waals surface area contributed by atoms with Crippen molar-refractivity contribution in [3.63, 3.8) is 0 Å². The molecule has 1 aromatic carbocycles. The molecule has 1 saturated carbocycles. The summed E-state index contributed by atoms with van der Waals surface area (Å²) in [6.07, 6.45) is 1.70. The van der Waals surface area contributed by atoms with Gasteiger partial charge in [-0.05, 0) is 30.2 Å². The molecule has 0 bridgehead atoms. The first-order chi connectivity index (χ1) is 19.2. The van der Waals surface area contributed by atoms with E-state index >= 15 is 0 Å². The number of carbonyl (C=O) groups is 2. The van der Waals surface area contributed by atoms with Gasteiger partial charge in [-0.15, -0.1) is 10.2 Å². The quantitative estimate of drug-likeness (QED) is 0.261. The second-order valence-electron chi connectivity index (χ2n) is 10.9. The third-order valence-electron chi connectivity index (χ3n) is 6.35. The van der Waals surface area contributed by atoms with Gasteiger partial charge in [-0.3, -0.25) is 14.5 Å². The Hall–Kier alpha value is -3.91. The Morgan fingerprint density at radius 2 is 1.93 bits per heavy atom. The lowest BCUT2D eigenvalue weighted by Gasteiger charge is -2.24. The normalized spacial score (nSPS) is 15.8. The number of carbonyl (C=O) groups excluding carboxylic acids is 2. The van der Waals surface area contributed by atoms with Crippen molar-refractivity contribution in [2.75, 3.05) is 44.0 Å². The Balaban J connectivity index is 1.44. The Morgan fingerprint density at radius 3 is 2.62 bits per heavy atom. The van der Waals surface area contributed by atoms with Gasteiger partial charge in [0.15, 0.2) is 23.1 Å². The van der Waals surface area contributed by atoms with Crippen LogP contribution in [-0.2, 0) is 16.1 Å². The van der Waals surface area contributed by atoms with Crippen LogP contribution in [0.2, 0.25) is 0 Å². The first-order valence-electron chi connectivity index (χ1n) is 13.3. The molecular weight excluding hydrogens is 513 g/mol. The Kier molecular flexibility index (Phi) is 8.08. The van der Waals surface area contributed by atoms with E-state index in [1.807, 2.05) is 35.7 Å². The van der Waals surface area contributed by atoms with Crippen molar-refractivity contribution < 1.29 is 23.6 Å². The van der Waals surface area contributed by atoms with Crippen LogP contribution >= 0.6 is 0 Å². The molecule has 1 saturated heterocycles. The van der Waals surface area contributed by atoms with Crippen molar-refractivity contribution in [3.05, 3.63) is 35.8 Å². The molecule has 3 N–H and O–H groups in total. The van der Waals surface area contributed by atoms with Gasteiger partial charge in [0.1, 0.15) is 23.5 Å². The highest BCUT2D eigenvalue weighted by atomic mass is 16.5. The van der Waals surface area contributed by atoms with Crippen molar-refractivity contribution in [1.29, 1.82) is 0 Å². The maximum absolute atomic E-state index is 13.1. The molecule has 0 radical (unpaired) electrons. The van der Waals surface area contributed by atoms with E-state index in [2.05, 4.69) is 41.2 Å². The maximum atomic E-state index is 13.1. The fraction of sp³-hybridized carbons (Fsp3) is 0.417. The Bertz CT molecular complexity index is 1390. The van der Waals surface area contributed by atoms with Crippen LogP contribution in [-0.4, -0.2) is 99.2 Å². The first kappa shape index (κ1) is 27.7. The largest absolute Gasteiger partial charge is 0.494 e. The van der Waals surface area contributed by atoms with Crippen LogP contribution in [0.1, 0.15) is 29.2 Å². The van der Waals surface area contributed by atoms with Gasteiger partial charge in [0.25, 0.3) is 11.8 Å². The van der Waals surface area contributed by atoms with Gasteiger partial charge in [0.05, 0.1) is 43.8 Å². The number of ether oxygens (including phenoxy) is 2. The summed E-state index contributed by atoms with van der Waals surface area (Å²) in [5, 5.41) is 20.8. The summed E-state index contributed by atoms with van der Waals surface area (Å²) < 4.78 is 16.7. The van der Waals surface area contributed by atoms with E-state index in [1.165, 1.54) is 7.11 Å². The van der Waals surface area contributed by atoms with E-state index in [4.69, 9.17) is 14.0 Å². The minimum Gasteiger partial charge on any atom is -0.494 e. The molecule has 3 heterocycles. The molecule has 0 unspecified atom stereocenters. The Morgan fingerprint density at radius 1 is 1.15 bits per heavy atom. The summed E-state index contributed by atoms with van der Waals surface area (Å²) in [5.74, 6) is 1.00. The van der Waals surface area contributed by atoms with Crippen LogP contribution in [0.15, 0.2) is 28.8 Å². The van der Waals surface area contributed by atoms with E-state index in [0.29, 0.717) is 54.2 Å². The van der Waals surface area contributed by atoms with E-state index < -0.39 is 11.1 Å². The summed E-state index contributed by atoms with van der Waals surface area (Å²) in [7, 11) is 7.16. The highest BCUT2D eigenvalue weighted by Gasteiger charge is 2.30. The molecule has 16 heteroatoms. The second-order valence-corrected chi connectivity index (χ2v) is 10.9. The number of aromatic nitrogens is 4. The molecule has 1 aliphatic heterocycles. The van der Waals surface area contributed by atoms with Gasteiger partial charge in [-0.1, -0.05) is 11.2 Å². The minimum absolute atomic E-state index is 0.0126. The van der Waals surface area contributed by atoms with Gasteiger partial charge < -0.3 is 29.9 Å². The lowest BCUT2D eigenvalue weighted by molar-refractivity contribution is -0.117. The van der Waals surface area contributed by atoms with Crippen molar-refractivity contribution in [3.8, 4) is 17.2 Å². The monoisotopic (exact) mass is 544 g/mol. The molecule has 5 rings (SSSR count). The SMILES string of the molecule is BC(B)(B)NC(=O)c1nnc(NC(=O)C2CC2)cc1Nc1cccc(-c2nc(CN3CCOCC3)no2)c1OC. The average molecular weight is 544 g/mol. The number of nitrogens with one attached hydrogen (secondary N) is 3. The highest BCUT2D eigenvalue weighted by Crippen LogP contribution is 2.38. The molecule has 2 fully saturated rings. The van der Waals surface area contributed by atoms with Crippen molar-refractivity contribution >= 4 is 52.5 Å². The fourth-order valence-electron chi connectivity index (χ4n) is 4.25. The van der Waals surface area contributed by atoms with Crippen molar-refractivity contribution in [1.82, 2.24) is 30.6 Å². The van der Waals surface area contributed by atoms with Gasteiger partial charge in [-0.2, -0.15) is 4.98 Å². The van der Waals surface area contributed by atoms with Crippen molar-refractivity contribution in [2.24, 2.45) is 5.92 Å². The van der Waals surface area contributed by atoms with Crippen LogP contribution in [0.25, 0.3) is 11.5 Å². The van der Waals surface area contributed by atoms with Crippen LogP contribution in [0.3, 0.4) is 0 Å². The van der Waals surface area contributed by atoms with Crippen LogP contribution in [0.4, 0.5) is 17.2 Å². The van der Waals surface area contributed by atoms with Crippen molar-refractivity contribution in [2.45, 2.75) is 24.6 Å². The average Bonchev–Trinajstić information content (AvgIpc) is 3.67. The van der Waals surface area contributed by atoms with Crippen LogP contribution in [0, 0.1) is 5.92 Å². The number of amides is 2. The number of methoxy groups -OCH3 is 1. The number of morpholine rings is 1. The van der Waals surface area contributed by atoms with E-state index in [1.54, 1.807) is 12.1 Å². The number of hydrogen-bond donors (Lipinski definition) is 3. The van der Waals surface area contributed by atoms with Gasteiger partial charge in [0, 0.05) is 25.1 Å². The molecule has 13 nitrogen and oxygen atoms in total. The molecule has 206 valence electrons. The smallest absolute Gasteiger partial charge is 0.272 e. The van der Waals surface area contributed by atoms with E-state index in [9.17, 15) is 9.59 Å². The van der Waals surface area contributed by atoms with Gasteiger partial charge >= 0.3 is 0 Å². The third kappa shape index (κ3) is 6.80. The number of anilines is 3. The summed E-state index contributed by atoms with van der Waals surface area (Å²) in [6.45, 7) is 3.52. The van der Waals surface area contributed by atoms with E-state index in [-0.39, 0.29) is 23.3 Å². The van der Waals surface area contributed by atoms with E-state index in [0.717, 1.165) is 25.9 Å². The van der Waals surface area contributed by atoms with Gasteiger partial charge in [0.2, 0.25) is 5.91 Å². The molecule has 0 atom stereocenters. The molecular formula is C24H31B3N8O5. The zero-order chi connectivity index (χ0) is 28.3. The Labute approximate surface area is 234 Å². The molecule has 1 aliphatic carbocycles. The molecule has 2 aliphatic rings. The standard InChI is InChI=1S/C24H31B3N8O5/c1-38-20-14(23-30-18(34-40-23)12-35-7-9-39-10-8-35)3-2-4-15(20)28-16-11-17(29-21(36)13-5-6-13)32-33-19(16)22(37)31-24(25,26)27/h2-4,11,13H,5-10,12,25-27H2,1H3,(H,31,37)(H2,28,29,32,36). The highest BCUT2D eigenvalue weighted by molar-refractivity contribution is 6.60. The summed E-state index contributed by atoms with van der Waals surface area (Å²) in [6, 6.07) is 7.01. The number of benzene rings is 1. The minimum atomic E-state index is -0.497. The molecule has 40 heavy (non-hydrogen) atoms. The summed E-state index contributed by atoms with van der Waals surface area (Å²) in [4.78, 5) is 32.3. The zero-order valence-corrected chi connectivity index (χ0v) is 23.1. The number of rotatable bonds is 10. The third-order valence-corrected chi connectivity index (χ3v) is 6.35. The number of hydrogen-bond acceptors (Lipinski definition) is 11. The lowest BCUT2D eigenvalue weighted by atomic mass is 9.49. The molecule has 2 aromatic heterocycles. The van der Waals surface area contributed by atoms with Gasteiger partial charge in [-0.25, -0.2) is 0 Å². The molecule has 2 amide bonds. The zero-order valence-electron chi connectivity index (χ0n) is 23.1. The number of nitrogens with zero attached hydrogens (tertiary/aromatic N) is 5. The molecule has 0 spiro atoms. The predicted molar refractivity (Wildman–Crippen MR) is 155 cm³/mol. The first-order valence-corrected chi connectivity index (χ1v) is 13.3. The second kappa shape index (κ2) is 11.7. The lowest BCUT2D eigenvalue weighted by Crippen LogP contribution is -2.50.